The van der Waals surface area contributed by atoms with E-state index in [1.54, 1.807) is 22.8 Å². The molecule has 0 saturated heterocycles. The summed E-state index contributed by atoms with van der Waals surface area (Å²) in [5.74, 6) is 0. The van der Waals surface area contributed by atoms with Crippen LogP contribution in [0.1, 0.15) is 16.7 Å². The van der Waals surface area contributed by atoms with Gasteiger partial charge in [-0.3, -0.25) is 13.9 Å². The fourth-order valence-corrected chi connectivity index (χ4v) is 3.57. The van der Waals surface area contributed by atoms with E-state index in [2.05, 4.69) is 0 Å². The number of fused-ring (bicyclic) bond motifs is 1. The van der Waals surface area contributed by atoms with Crippen LogP contribution < -0.4 is 11.2 Å². The third-order valence-electron chi connectivity index (χ3n) is 4.82. The fourth-order valence-electron chi connectivity index (χ4n) is 3.36. The summed E-state index contributed by atoms with van der Waals surface area (Å²) < 4.78 is 2.94. The van der Waals surface area contributed by atoms with Crippen LogP contribution in [-0.2, 0) is 13.1 Å². The number of hydrogen-bond donors (Lipinski definition) is 0. The molecule has 28 heavy (non-hydrogen) atoms. The summed E-state index contributed by atoms with van der Waals surface area (Å²) in [5.41, 5.74) is 2.99. The Labute approximate surface area is 167 Å². The van der Waals surface area contributed by atoms with Crippen molar-refractivity contribution in [3.8, 4) is 0 Å². The zero-order chi connectivity index (χ0) is 19.7. The van der Waals surface area contributed by atoms with Crippen molar-refractivity contribution in [1.82, 2.24) is 9.13 Å². The van der Waals surface area contributed by atoms with E-state index in [1.807, 2.05) is 61.5 Å². The second kappa shape index (κ2) is 7.49. The molecular weight excluding hydrogens is 372 g/mol. The Morgan fingerprint density at radius 2 is 1.50 bits per heavy atom. The summed E-state index contributed by atoms with van der Waals surface area (Å²) >= 11 is 6.07. The number of benzene rings is 3. The van der Waals surface area contributed by atoms with E-state index in [0.29, 0.717) is 22.5 Å². The van der Waals surface area contributed by atoms with Crippen molar-refractivity contribution < 1.29 is 0 Å². The molecule has 4 rings (SSSR count). The number of aryl methyl sites for hydroxylation is 1. The highest BCUT2D eigenvalue weighted by atomic mass is 35.5. The normalized spacial score (nSPS) is 11.1. The van der Waals surface area contributed by atoms with Gasteiger partial charge in [-0.25, -0.2) is 4.79 Å². The number of rotatable bonds is 4. The van der Waals surface area contributed by atoms with Crippen molar-refractivity contribution in [3.05, 3.63) is 115 Å². The maximum absolute atomic E-state index is 13.3. The van der Waals surface area contributed by atoms with Crippen molar-refractivity contribution >= 4 is 22.5 Å². The first kappa shape index (κ1) is 18.3. The molecule has 0 fully saturated rings. The molecule has 1 aromatic heterocycles. The summed E-state index contributed by atoms with van der Waals surface area (Å²) in [6.07, 6.45) is 0. The van der Waals surface area contributed by atoms with Gasteiger partial charge < -0.3 is 0 Å². The maximum atomic E-state index is 13.3. The lowest BCUT2D eigenvalue weighted by atomic mass is 10.1. The van der Waals surface area contributed by atoms with Crippen LogP contribution >= 0.6 is 11.6 Å². The van der Waals surface area contributed by atoms with Crippen LogP contribution in [0.5, 0.6) is 0 Å². The van der Waals surface area contributed by atoms with Crippen LogP contribution in [0.25, 0.3) is 10.9 Å². The average Bonchev–Trinajstić information content (AvgIpc) is 2.70. The molecule has 0 atom stereocenters. The Morgan fingerprint density at radius 3 is 2.25 bits per heavy atom. The van der Waals surface area contributed by atoms with Gasteiger partial charge in [0.05, 0.1) is 24.0 Å². The topological polar surface area (TPSA) is 44.0 Å². The lowest BCUT2D eigenvalue weighted by molar-refractivity contribution is 0.635. The van der Waals surface area contributed by atoms with Gasteiger partial charge in [-0.05, 0) is 42.3 Å². The van der Waals surface area contributed by atoms with Gasteiger partial charge in [0, 0.05) is 5.02 Å². The van der Waals surface area contributed by atoms with E-state index < -0.39 is 0 Å². The minimum absolute atomic E-state index is 0.178. The molecule has 5 heteroatoms. The molecule has 3 aromatic carbocycles. The molecule has 0 amide bonds. The average molecular weight is 391 g/mol. The lowest BCUT2D eigenvalue weighted by Crippen LogP contribution is -2.40. The SMILES string of the molecule is Cc1ccc(Cn2c(=O)n(Cc3cccc(Cl)c3)c(=O)c3ccccc32)cc1. The lowest BCUT2D eigenvalue weighted by Gasteiger charge is -2.14. The number of aromatic nitrogens is 2. The monoisotopic (exact) mass is 390 g/mol. The van der Waals surface area contributed by atoms with Gasteiger partial charge in [-0.1, -0.05) is 65.7 Å². The zero-order valence-electron chi connectivity index (χ0n) is 15.4. The summed E-state index contributed by atoms with van der Waals surface area (Å²) in [6.45, 7) is 2.60. The second-order valence-electron chi connectivity index (χ2n) is 6.89. The predicted molar refractivity (Wildman–Crippen MR) is 113 cm³/mol. The molecule has 0 unspecified atom stereocenters. The smallest absolute Gasteiger partial charge is 0.289 e. The standard InChI is InChI=1S/C23H19ClN2O2/c1-16-9-11-17(12-10-16)14-25-21-8-3-2-7-20(21)22(27)26(23(25)28)15-18-5-4-6-19(24)13-18/h2-13H,14-15H2,1H3. The quantitative estimate of drug-likeness (QED) is 0.523. The van der Waals surface area contributed by atoms with Crippen molar-refractivity contribution in [1.29, 1.82) is 0 Å². The third kappa shape index (κ3) is 3.51. The van der Waals surface area contributed by atoms with Crippen LogP contribution in [0.15, 0.2) is 82.4 Å². The van der Waals surface area contributed by atoms with Crippen LogP contribution in [0.2, 0.25) is 5.02 Å². The number of halogens is 1. The third-order valence-corrected chi connectivity index (χ3v) is 5.06. The van der Waals surface area contributed by atoms with Crippen molar-refractivity contribution in [2.45, 2.75) is 20.0 Å². The van der Waals surface area contributed by atoms with E-state index in [4.69, 9.17) is 11.6 Å². The molecule has 140 valence electrons. The zero-order valence-corrected chi connectivity index (χ0v) is 16.2. The van der Waals surface area contributed by atoms with Crippen LogP contribution in [0, 0.1) is 6.92 Å². The molecule has 0 saturated carbocycles. The van der Waals surface area contributed by atoms with E-state index in [1.165, 1.54) is 4.57 Å². The molecule has 0 N–H and O–H groups in total. The van der Waals surface area contributed by atoms with Gasteiger partial charge >= 0.3 is 5.69 Å². The predicted octanol–water partition coefficient (Wildman–Crippen LogP) is 4.22. The summed E-state index contributed by atoms with van der Waals surface area (Å²) in [7, 11) is 0. The van der Waals surface area contributed by atoms with E-state index in [9.17, 15) is 9.59 Å². The van der Waals surface area contributed by atoms with Crippen molar-refractivity contribution in [3.63, 3.8) is 0 Å². The highest BCUT2D eigenvalue weighted by Crippen LogP contribution is 2.13. The Bertz CT molecular complexity index is 1270. The second-order valence-corrected chi connectivity index (χ2v) is 7.33. The van der Waals surface area contributed by atoms with Crippen molar-refractivity contribution in [2.75, 3.05) is 0 Å². The summed E-state index contributed by atoms with van der Waals surface area (Å²) in [4.78, 5) is 26.3. The van der Waals surface area contributed by atoms with Gasteiger partial charge in [-0.2, -0.15) is 0 Å². The number of para-hydroxylation sites is 1. The first-order chi connectivity index (χ1) is 13.5. The number of hydrogen-bond acceptors (Lipinski definition) is 2. The molecule has 0 aliphatic rings. The Hall–Kier alpha value is -3.11. The largest absolute Gasteiger partial charge is 0.332 e. The van der Waals surface area contributed by atoms with Gasteiger partial charge in [0.15, 0.2) is 0 Å². The highest BCUT2D eigenvalue weighted by Gasteiger charge is 2.13. The summed E-state index contributed by atoms with van der Waals surface area (Å²) in [5, 5.41) is 1.10. The molecule has 4 nitrogen and oxygen atoms in total. The molecule has 0 radical (unpaired) electrons. The van der Waals surface area contributed by atoms with Crippen LogP contribution in [-0.4, -0.2) is 9.13 Å². The van der Waals surface area contributed by atoms with Crippen LogP contribution in [0.3, 0.4) is 0 Å². The molecule has 0 aliphatic carbocycles. The van der Waals surface area contributed by atoms with Gasteiger partial charge in [0.25, 0.3) is 5.56 Å². The first-order valence-corrected chi connectivity index (χ1v) is 9.43. The van der Waals surface area contributed by atoms with Gasteiger partial charge in [0.2, 0.25) is 0 Å². The Balaban J connectivity index is 1.89. The maximum Gasteiger partial charge on any atom is 0.332 e. The summed E-state index contributed by atoms with van der Waals surface area (Å²) in [6, 6.07) is 22.5. The molecule has 0 aliphatic heterocycles. The molecule has 1 heterocycles. The van der Waals surface area contributed by atoms with E-state index >= 15 is 0 Å². The number of nitrogens with zero attached hydrogens (tertiary/aromatic N) is 2. The minimum atomic E-state index is -0.329. The molecule has 4 aromatic rings. The fraction of sp³-hybridized carbons (Fsp3) is 0.130. The Morgan fingerprint density at radius 1 is 0.786 bits per heavy atom. The first-order valence-electron chi connectivity index (χ1n) is 9.05. The van der Waals surface area contributed by atoms with Gasteiger partial charge in [0.1, 0.15) is 0 Å². The molecule has 0 bridgehead atoms. The van der Waals surface area contributed by atoms with Crippen LogP contribution in [0.4, 0.5) is 0 Å². The van der Waals surface area contributed by atoms with E-state index in [-0.39, 0.29) is 17.8 Å². The highest BCUT2D eigenvalue weighted by molar-refractivity contribution is 6.30. The van der Waals surface area contributed by atoms with E-state index in [0.717, 1.165) is 16.7 Å². The minimum Gasteiger partial charge on any atom is -0.289 e. The molecular formula is C23H19ClN2O2. The van der Waals surface area contributed by atoms with Gasteiger partial charge in [-0.15, -0.1) is 0 Å². The van der Waals surface area contributed by atoms with Crippen molar-refractivity contribution in [2.24, 2.45) is 0 Å². The Kier molecular flexibility index (Phi) is 4.88. The molecule has 0 spiro atoms.